The minimum absolute atomic E-state index is 0.278. The second-order valence-electron chi connectivity index (χ2n) is 8.31. The summed E-state index contributed by atoms with van der Waals surface area (Å²) >= 11 is 12.4. The lowest BCUT2D eigenvalue weighted by molar-refractivity contribution is -0.179. The fraction of sp³-hybridized carbons (Fsp3) is 0.417. The van der Waals surface area contributed by atoms with E-state index in [0.29, 0.717) is 22.5 Å². The van der Waals surface area contributed by atoms with Crippen LogP contribution in [0, 0.1) is 5.92 Å². The normalized spacial score (nSPS) is 24.1. The molecule has 0 unspecified atom stereocenters. The molecule has 0 bridgehead atoms. The molecular weight excluding hydrogens is 437 g/mol. The number of hydrogen-bond acceptors (Lipinski definition) is 3. The Labute approximate surface area is 191 Å². The number of halogens is 2. The molecule has 7 heteroatoms. The Morgan fingerprint density at radius 1 is 1.06 bits per heavy atom. The first-order valence-electron chi connectivity index (χ1n) is 10.6. The number of nitrogens with zero attached hydrogens (tertiary/aromatic N) is 1. The van der Waals surface area contributed by atoms with Crippen LogP contribution >= 0.6 is 23.2 Å². The van der Waals surface area contributed by atoms with Gasteiger partial charge in [-0.25, -0.2) is 0 Å². The number of carbonyl (C=O) groups is 2. The van der Waals surface area contributed by atoms with Gasteiger partial charge in [-0.05, 0) is 47.7 Å². The molecule has 2 aromatic rings. The molecule has 2 aromatic carbocycles. The fourth-order valence-corrected chi connectivity index (χ4v) is 4.73. The lowest BCUT2D eigenvalue weighted by atomic mass is 9.82. The highest BCUT2D eigenvalue weighted by Gasteiger charge is 2.44. The summed E-state index contributed by atoms with van der Waals surface area (Å²) < 4.78 is 6.16. The number of benzene rings is 2. The summed E-state index contributed by atoms with van der Waals surface area (Å²) in [5.74, 6) is -0.726. The van der Waals surface area contributed by atoms with Crippen LogP contribution in [0.2, 0.25) is 10.0 Å². The van der Waals surface area contributed by atoms with Gasteiger partial charge in [0.25, 0.3) is 5.91 Å². The van der Waals surface area contributed by atoms with Gasteiger partial charge >= 0.3 is 5.97 Å². The van der Waals surface area contributed by atoms with Gasteiger partial charge in [0.2, 0.25) is 0 Å². The zero-order chi connectivity index (χ0) is 22.0. The van der Waals surface area contributed by atoms with E-state index in [1.54, 1.807) is 18.2 Å². The number of amides is 1. The third-order valence-corrected chi connectivity index (χ3v) is 6.73. The molecule has 1 heterocycles. The summed E-state index contributed by atoms with van der Waals surface area (Å²) in [6.45, 7) is 0.563. The molecule has 4 rings (SSSR count). The number of carboxylic acids is 1. The molecule has 164 valence electrons. The van der Waals surface area contributed by atoms with Crippen LogP contribution in [-0.4, -0.2) is 34.5 Å². The Bertz CT molecular complexity index is 945. The first-order valence-corrected chi connectivity index (χ1v) is 11.4. The average molecular weight is 462 g/mol. The molecule has 3 atom stereocenters. The van der Waals surface area contributed by atoms with E-state index in [1.807, 2.05) is 35.2 Å². The Balaban J connectivity index is 1.74. The monoisotopic (exact) mass is 461 g/mol. The highest BCUT2D eigenvalue weighted by atomic mass is 35.5. The number of hydrogen-bond donors (Lipinski definition) is 1. The lowest BCUT2D eigenvalue weighted by Crippen LogP contribution is -2.52. The van der Waals surface area contributed by atoms with E-state index in [0.717, 1.165) is 17.5 Å². The van der Waals surface area contributed by atoms with Crippen molar-refractivity contribution in [3.05, 3.63) is 69.7 Å². The minimum Gasteiger partial charge on any atom is -0.481 e. The van der Waals surface area contributed by atoms with Crippen molar-refractivity contribution >= 4 is 35.1 Å². The predicted octanol–water partition coefficient (Wildman–Crippen LogP) is 5.67. The van der Waals surface area contributed by atoms with Crippen LogP contribution in [0.15, 0.2) is 48.5 Å². The van der Waals surface area contributed by atoms with Crippen molar-refractivity contribution in [1.82, 2.24) is 4.90 Å². The van der Waals surface area contributed by atoms with Crippen molar-refractivity contribution in [2.24, 2.45) is 5.92 Å². The fourth-order valence-electron chi connectivity index (χ4n) is 4.40. The smallest absolute Gasteiger partial charge is 0.306 e. The number of carboxylic acid groups (broad SMARTS) is 1. The maximum absolute atomic E-state index is 13.4. The summed E-state index contributed by atoms with van der Waals surface area (Å²) in [7, 11) is 0. The molecule has 1 N–H and O–H groups in total. The molecule has 0 radical (unpaired) electrons. The van der Waals surface area contributed by atoms with E-state index < -0.39 is 24.2 Å². The van der Waals surface area contributed by atoms with Gasteiger partial charge in [0.1, 0.15) is 12.2 Å². The third-order valence-electron chi connectivity index (χ3n) is 6.24. The van der Waals surface area contributed by atoms with Crippen LogP contribution in [-0.2, 0) is 14.3 Å². The molecule has 1 aliphatic carbocycles. The van der Waals surface area contributed by atoms with Gasteiger partial charge < -0.3 is 14.7 Å². The van der Waals surface area contributed by atoms with Gasteiger partial charge in [0.05, 0.1) is 12.5 Å². The zero-order valence-electron chi connectivity index (χ0n) is 17.0. The Morgan fingerprint density at radius 3 is 2.42 bits per heavy atom. The standard InChI is InChI=1S/C24H25Cl2NO4/c25-18-9-7-16(8-10-18)22-23(17-5-2-6-19(26)13-17)31-20(14-21(28)29)24(30)27(22)12-11-15-3-1-4-15/h2,5-10,13,15,20,22-23H,1,3-4,11-12,14H2,(H,28,29)/t20-,22+,23+/m0/s1. The second kappa shape index (κ2) is 9.60. The van der Waals surface area contributed by atoms with E-state index in [9.17, 15) is 14.7 Å². The molecule has 5 nitrogen and oxygen atoms in total. The average Bonchev–Trinajstić information content (AvgIpc) is 2.69. The van der Waals surface area contributed by atoms with Crippen molar-refractivity contribution < 1.29 is 19.4 Å². The summed E-state index contributed by atoms with van der Waals surface area (Å²) in [4.78, 5) is 26.6. The first kappa shape index (κ1) is 22.1. The SMILES string of the molecule is O=C(O)C[C@@H]1O[C@H](c2cccc(Cl)c2)[C@@H](c2ccc(Cl)cc2)N(CCC2CCC2)C1=O. The van der Waals surface area contributed by atoms with Crippen LogP contribution in [0.5, 0.6) is 0 Å². The molecule has 2 fully saturated rings. The number of carbonyl (C=O) groups excluding carboxylic acids is 1. The van der Waals surface area contributed by atoms with Gasteiger partial charge in [0.15, 0.2) is 0 Å². The molecule has 1 amide bonds. The predicted molar refractivity (Wildman–Crippen MR) is 119 cm³/mol. The molecule has 1 aliphatic heterocycles. The highest BCUT2D eigenvalue weighted by Crippen LogP contribution is 2.44. The molecule has 2 aliphatic rings. The van der Waals surface area contributed by atoms with Crippen molar-refractivity contribution in [1.29, 1.82) is 0 Å². The van der Waals surface area contributed by atoms with E-state index in [1.165, 1.54) is 19.3 Å². The van der Waals surface area contributed by atoms with E-state index in [-0.39, 0.29) is 12.3 Å². The quantitative estimate of drug-likeness (QED) is 0.576. The van der Waals surface area contributed by atoms with Gasteiger partial charge in [0, 0.05) is 16.6 Å². The van der Waals surface area contributed by atoms with Crippen molar-refractivity contribution in [3.63, 3.8) is 0 Å². The summed E-state index contributed by atoms with van der Waals surface area (Å²) in [5.41, 5.74) is 1.70. The van der Waals surface area contributed by atoms with Gasteiger partial charge in [-0.15, -0.1) is 0 Å². The Morgan fingerprint density at radius 2 is 1.81 bits per heavy atom. The molecule has 1 saturated carbocycles. The van der Waals surface area contributed by atoms with Crippen LogP contribution in [0.1, 0.15) is 55.4 Å². The Hall–Kier alpha value is -2.08. The van der Waals surface area contributed by atoms with E-state index in [2.05, 4.69) is 0 Å². The largest absolute Gasteiger partial charge is 0.481 e. The Kier molecular flexibility index (Phi) is 6.85. The third kappa shape index (κ3) is 5.05. The number of aliphatic carboxylic acids is 1. The number of rotatable bonds is 7. The van der Waals surface area contributed by atoms with E-state index in [4.69, 9.17) is 27.9 Å². The first-order chi connectivity index (χ1) is 14.9. The van der Waals surface area contributed by atoms with Gasteiger partial charge in [-0.1, -0.05) is 66.7 Å². The van der Waals surface area contributed by atoms with Crippen LogP contribution in [0.4, 0.5) is 0 Å². The van der Waals surface area contributed by atoms with Gasteiger partial charge in [-0.3, -0.25) is 9.59 Å². The van der Waals surface area contributed by atoms with Crippen LogP contribution in [0.3, 0.4) is 0 Å². The van der Waals surface area contributed by atoms with Crippen molar-refractivity contribution in [3.8, 4) is 0 Å². The minimum atomic E-state index is -1.06. The number of morpholine rings is 1. The summed E-state index contributed by atoms with van der Waals surface area (Å²) in [6, 6.07) is 14.3. The molecule has 0 aromatic heterocycles. The summed E-state index contributed by atoms with van der Waals surface area (Å²) in [5, 5.41) is 10.5. The molecule has 0 spiro atoms. The van der Waals surface area contributed by atoms with Crippen LogP contribution in [0.25, 0.3) is 0 Å². The van der Waals surface area contributed by atoms with E-state index >= 15 is 0 Å². The lowest BCUT2D eigenvalue weighted by Gasteiger charge is -2.45. The van der Waals surface area contributed by atoms with Crippen molar-refractivity contribution in [2.45, 2.75) is 50.4 Å². The maximum atomic E-state index is 13.4. The van der Waals surface area contributed by atoms with Gasteiger partial charge in [-0.2, -0.15) is 0 Å². The zero-order valence-corrected chi connectivity index (χ0v) is 18.6. The topological polar surface area (TPSA) is 66.8 Å². The second-order valence-corrected chi connectivity index (χ2v) is 9.18. The molecule has 1 saturated heterocycles. The molecule has 31 heavy (non-hydrogen) atoms. The summed E-state index contributed by atoms with van der Waals surface area (Å²) in [6.07, 6.45) is 2.55. The van der Waals surface area contributed by atoms with Crippen molar-refractivity contribution in [2.75, 3.05) is 6.54 Å². The molecular formula is C24H25Cl2NO4. The highest BCUT2D eigenvalue weighted by molar-refractivity contribution is 6.30. The van der Waals surface area contributed by atoms with Crippen LogP contribution < -0.4 is 0 Å². The maximum Gasteiger partial charge on any atom is 0.306 e. The number of ether oxygens (including phenoxy) is 1.